The molecule has 146 valence electrons. The molecule has 0 atom stereocenters. The van der Waals surface area contributed by atoms with Crippen molar-refractivity contribution in [2.24, 2.45) is 0 Å². The molecule has 0 heterocycles. The minimum Gasteiger partial charge on any atom is -0.354 e. The highest BCUT2D eigenvalue weighted by Crippen LogP contribution is 2.28. The van der Waals surface area contributed by atoms with Crippen molar-refractivity contribution in [1.82, 2.24) is 5.32 Å². The second-order valence-corrected chi connectivity index (χ2v) is 10.3. The van der Waals surface area contributed by atoms with Crippen LogP contribution < -0.4 is 9.62 Å². The molecule has 0 saturated heterocycles. The van der Waals surface area contributed by atoms with Crippen molar-refractivity contribution >= 4 is 45.0 Å². The van der Waals surface area contributed by atoms with Gasteiger partial charge in [0.25, 0.3) is 0 Å². The van der Waals surface area contributed by atoms with Gasteiger partial charge in [-0.2, -0.15) is 11.8 Å². The number of benzene rings is 1. The molecule has 0 bridgehead atoms. The van der Waals surface area contributed by atoms with E-state index in [0.29, 0.717) is 17.3 Å². The van der Waals surface area contributed by atoms with Gasteiger partial charge in [-0.15, -0.1) is 0 Å². The van der Waals surface area contributed by atoms with E-state index in [2.05, 4.69) is 5.32 Å². The fourth-order valence-corrected chi connectivity index (χ4v) is 5.47. The lowest BCUT2D eigenvalue weighted by Crippen LogP contribution is -2.40. The Morgan fingerprint density at radius 2 is 1.96 bits per heavy atom. The van der Waals surface area contributed by atoms with Gasteiger partial charge in [0.05, 0.1) is 17.0 Å². The van der Waals surface area contributed by atoms with Crippen molar-refractivity contribution in [2.45, 2.75) is 43.8 Å². The molecule has 1 aliphatic carbocycles. The standard InChI is InChI=1S/C18H27ClN2O3S2/c1-26(23,24)21(17-11-6-5-10-16(17)19)14-18(22)20-12-7-13-25-15-8-3-2-4-9-15/h5-6,10-11,15H,2-4,7-9,12-14H2,1H3,(H,20,22). The first-order valence-electron chi connectivity index (χ1n) is 8.98. The third-order valence-electron chi connectivity index (χ3n) is 4.36. The Morgan fingerprint density at radius 3 is 2.62 bits per heavy atom. The van der Waals surface area contributed by atoms with Crippen LogP contribution in [-0.4, -0.2) is 44.7 Å². The molecule has 1 N–H and O–H groups in total. The number of halogens is 1. The van der Waals surface area contributed by atoms with Gasteiger partial charge < -0.3 is 5.32 Å². The minimum absolute atomic E-state index is 0.266. The third kappa shape index (κ3) is 7.00. The number of hydrogen-bond donors (Lipinski definition) is 1. The highest BCUT2D eigenvalue weighted by atomic mass is 35.5. The van der Waals surface area contributed by atoms with E-state index in [4.69, 9.17) is 11.6 Å². The molecule has 26 heavy (non-hydrogen) atoms. The third-order valence-corrected chi connectivity index (χ3v) is 7.27. The number of nitrogens with one attached hydrogen (secondary N) is 1. The quantitative estimate of drug-likeness (QED) is 0.621. The van der Waals surface area contributed by atoms with Crippen molar-refractivity contribution in [3.63, 3.8) is 0 Å². The molecular weight excluding hydrogens is 392 g/mol. The van der Waals surface area contributed by atoms with Crippen molar-refractivity contribution in [2.75, 3.05) is 29.4 Å². The summed E-state index contributed by atoms with van der Waals surface area (Å²) in [4.78, 5) is 12.2. The smallest absolute Gasteiger partial charge is 0.240 e. The Balaban J connectivity index is 1.78. The Kier molecular flexibility index (Phi) is 8.57. The number of rotatable bonds is 9. The van der Waals surface area contributed by atoms with Gasteiger partial charge in [0.2, 0.25) is 15.9 Å². The molecule has 0 spiro atoms. The summed E-state index contributed by atoms with van der Waals surface area (Å²) < 4.78 is 25.2. The molecule has 2 rings (SSSR count). The van der Waals surface area contributed by atoms with E-state index >= 15 is 0 Å². The van der Waals surface area contributed by atoms with E-state index in [1.54, 1.807) is 24.3 Å². The highest BCUT2D eigenvalue weighted by Gasteiger charge is 2.22. The lowest BCUT2D eigenvalue weighted by molar-refractivity contribution is -0.119. The summed E-state index contributed by atoms with van der Waals surface area (Å²) in [7, 11) is -3.60. The minimum atomic E-state index is -3.60. The fourth-order valence-electron chi connectivity index (χ4n) is 3.00. The van der Waals surface area contributed by atoms with E-state index in [1.165, 1.54) is 32.1 Å². The second-order valence-electron chi connectivity index (χ2n) is 6.56. The van der Waals surface area contributed by atoms with Gasteiger partial charge in [0.15, 0.2) is 0 Å². The van der Waals surface area contributed by atoms with Crippen molar-refractivity contribution in [3.05, 3.63) is 29.3 Å². The van der Waals surface area contributed by atoms with E-state index in [0.717, 1.165) is 28.0 Å². The average molecular weight is 419 g/mol. The van der Waals surface area contributed by atoms with Gasteiger partial charge in [-0.25, -0.2) is 8.42 Å². The van der Waals surface area contributed by atoms with Gasteiger partial charge in [0.1, 0.15) is 6.54 Å². The fraction of sp³-hybridized carbons (Fsp3) is 0.611. The van der Waals surface area contributed by atoms with E-state index in [1.807, 2.05) is 11.8 Å². The van der Waals surface area contributed by atoms with E-state index < -0.39 is 10.0 Å². The first-order valence-corrected chi connectivity index (χ1v) is 12.3. The van der Waals surface area contributed by atoms with Crippen LogP contribution in [0.15, 0.2) is 24.3 Å². The zero-order chi connectivity index (χ0) is 19.0. The molecule has 0 unspecified atom stereocenters. The molecular formula is C18H27ClN2O3S2. The summed E-state index contributed by atoms with van der Waals surface area (Å²) in [6, 6.07) is 6.61. The lowest BCUT2D eigenvalue weighted by Gasteiger charge is -2.23. The topological polar surface area (TPSA) is 66.5 Å². The Bertz CT molecular complexity index is 691. The van der Waals surface area contributed by atoms with Crippen molar-refractivity contribution < 1.29 is 13.2 Å². The van der Waals surface area contributed by atoms with Crippen molar-refractivity contribution in [1.29, 1.82) is 0 Å². The number of sulfonamides is 1. The Labute approximate surface area is 165 Å². The van der Waals surface area contributed by atoms with Crippen LogP contribution in [0.4, 0.5) is 5.69 Å². The van der Waals surface area contributed by atoms with Crippen LogP contribution >= 0.6 is 23.4 Å². The molecule has 0 aliphatic heterocycles. The lowest BCUT2D eigenvalue weighted by atomic mass is 10.0. The molecule has 1 aromatic carbocycles. The maximum atomic E-state index is 12.2. The number of carbonyl (C=O) groups is 1. The number of nitrogens with zero attached hydrogens (tertiary/aromatic N) is 1. The summed E-state index contributed by atoms with van der Waals surface area (Å²) >= 11 is 8.08. The largest absolute Gasteiger partial charge is 0.354 e. The Morgan fingerprint density at radius 1 is 1.27 bits per heavy atom. The summed E-state index contributed by atoms with van der Waals surface area (Å²) in [6.07, 6.45) is 8.59. The molecule has 1 amide bonds. The van der Waals surface area contributed by atoms with Crippen LogP contribution in [0, 0.1) is 0 Å². The van der Waals surface area contributed by atoms with Crippen LogP contribution in [0.25, 0.3) is 0 Å². The number of anilines is 1. The molecule has 8 heteroatoms. The van der Waals surface area contributed by atoms with Gasteiger partial charge in [0, 0.05) is 11.8 Å². The van der Waals surface area contributed by atoms with Crippen LogP contribution in [0.2, 0.25) is 5.02 Å². The van der Waals surface area contributed by atoms with Gasteiger partial charge in [-0.3, -0.25) is 9.10 Å². The van der Waals surface area contributed by atoms with E-state index in [9.17, 15) is 13.2 Å². The summed E-state index contributed by atoms with van der Waals surface area (Å²) in [5, 5.41) is 3.88. The van der Waals surface area contributed by atoms with Crippen LogP contribution in [0.1, 0.15) is 38.5 Å². The van der Waals surface area contributed by atoms with Crippen LogP contribution in [0.3, 0.4) is 0 Å². The maximum absolute atomic E-state index is 12.2. The number of thioether (sulfide) groups is 1. The molecule has 1 aromatic rings. The first-order chi connectivity index (χ1) is 12.4. The van der Waals surface area contributed by atoms with Crippen molar-refractivity contribution in [3.8, 4) is 0 Å². The predicted molar refractivity (Wildman–Crippen MR) is 111 cm³/mol. The molecule has 5 nitrogen and oxygen atoms in total. The molecule has 0 radical (unpaired) electrons. The van der Waals surface area contributed by atoms with Gasteiger partial charge in [-0.05, 0) is 37.1 Å². The molecule has 1 saturated carbocycles. The van der Waals surface area contributed by atoms with Crippen LogP contribution in [0.5, 0.6) is 0 Å². The summed E-state index contributed by atoms with van der Waals surface area (Å²) in [5.41, 5.74) is 0.319. The number of hydrogen-bond acceptors (Lipinski definition) is 4. The molecule has 1 aliphatic rings. The number of para-hydroxylation sites is 1. The Hall–Kier alpha value is -0.920. The van der Waals surface area contributed by atoms with E-state index in [-0.39, 0.29) is 12.5 Å². The zero-order valence-electron chi connectivity index (χ0n) is 15.1. The first kappa shape index (κ1) is 21.4. The zero-order valence-corrected chi connectivity index (χ0v) is 17.5. The maximum Gasteiger partial charge on any atom is 0.240 e. The molecule has 1 fully saturated rings. The normalized spacial score (nSPS) is 15.6. The average Bonchev–Trinajstić information content (AvgIpc) is 2.60. The number of amides is 1. The predicted octanol–water partition coefficient (Wildman–Crippen LogP) is 3.68. The second kappa shape index (κ2) is 10.4. The summed E-state index contributed by atoms with van der Waals surface area (Å²) in [6.45, 7) is 0.289. The van der Waals surface area contributed by atoms with Gasteiger partial charge in [-0.1, -0.05) is 43.0 Å². The molecule has 0 aromatic heterocycles. The SMILES string of the molecule is CS(=O)(=O)N(CC(=O)NCCCSC1CCCCC1)c1ccccc1Cl. The van der Waals surface area contributed by atoms with Crippen LogP contribution in [-0.2, 0) is 14.8 Å². The highest BCUT2D eigenvalue weighted by molar-refractivity contribution is 7.99. The monoisotopic (exact) mass is 418 g/mol. The van der Waals surface area contributed by atoms with Gasteiger partial charge >= 0.3 is 0 Å². The number of carbonyl (C=O) groups excluding carboxylic acids is 1. The summed E-state index contributed by atoms with van der Waals surface area (Å²) in [5.74, 6) is 0.698.